The Labute approximate surface area is 165 Å². The number of anilines is 1. The fourth-order valence-electron chi connectivity index (χ4n) is 3.25. The maximum atomic E-state index is 12.4. The lowest BCUT2D eigenvalue weighted by atomic mass is 10.1. The largest absolute Gasteiger partial charge is 0.368 e. The van der Waals surface area contributed by atoms with E-state index in [0.717, 1.165) is 18.8 Å². The zero-order valence-corrected chi connectivity index (χ0v) is 16.1. The maximum Gasteiger partial charge on any atom is 0.251 e. The minimum Gasteiger partial charge on any atom is -0.368 e. The molecule has 0 unspecified atom stereocenters. The van der Waals surface area contributed by atoms with Gasteiger partial charge in [-0.15, -0.1) is 0 Å². The fraction of sp³-hybridized carbons (Fsp3) is 0.318. The van der Waals surface area contributed by atoms with Crippen LogP contribution in [0.3, 0.4) is 0 Å². The van der Waals surface area contributed by atoms with E-state index < -0.39 is 0 Å². The third kappa shape index (κ3) is 4.97. The zero-order chi connectivity index (χ0) is 19.9. The van der Waals surface area contributed by atoms with Crippen molar-refractivity contribution in [2.24, 2.45) is 0 Å². The Hall–Kier alpha value is -3.15. The van der Waals surface area contributed by atoms with Crippen LogP contribution in [-0.2, 0) is 4.79 Å². The standard InChI is InChI=1S/C22H25N3O3/c1-17(26)18-7-9-20(10-8-18)24-13-15-25(16-14-24)21(27)11-12-23-22(28)19-5-3-2-4-6-19/h2-10H,11-16H2,1H3,(H,23,28). The van der Waals surface area contributed by atoms with Crippen molar-refractivity contribution in [3.8, 4) is 0 Å². The van der Waals surface area contributed by atoms with Gasteiger partial charge in [-0.2, -0.15) is 0 Å². The van der Waals surface area contributed by atoms with Crippen LogP contribution in [0.25, 0.3) is 0 Å². The van der Waals surface area contributed by atoms with Crippen LogP contribution in [-0.4, -0.2) is 55.2 Å². The maximum absolute atomic E-state index is 12.4. The molecule has 146 valence electrons. The van der Waals surface area contributed by atoms with Crippen molar-refractivity contribution in [2.75, 3.05) is 37.6 Å². The van der Waals surface area contributed by atoms with Gasteiger partial charge < -0.3 is 15.1 Å². The number of hydrogen-bond donors (Lipinski definition) is 1. The third-order valence-corrected chi connectivity index (χ3v) is 4.93. The topological polar surface area (TPSA) is 69.7 Å². The molecule has 0 radical (unpaired) electrons. The predicted molar refractivity (Wildman–Crippen MR) is 109 cm³/mol. The molecule has 0 aromatic heterocycles. The Bertz CT molecular complexity index is 826. The summed E-state index contributed by atoms with van der Waals surface area (Å²) in [5.74, 6) is -0.0477. The molecule has 1 saturated heterocycles. The molecule has 3 rings (SSSR count). The SMILES string of the molecule is CC(=O)c1ccc(N2CCN(C(=O)CCNC(=O)c3ccccc3)CC2)cc1. The van der Waals surface area contributed by atoms with Crippen LogP contribution >= 0.6 is 0 Å². The number of nitrogens with one attached hydrogen (secondary N) is 1. The van der Waals surface area contributed by atoms with Gasteiger partial charge in [0.25, 0.3) is 5.91 Å². The van der Waals surface area contributed by atoms with Gasteiger partial charge in [0.1, 0.15) is 0 Å². The highest BCUT2D eigenvalue weighted by molar-refractivity contribution is 5.94. The van der Waals surface area contributed by atoms with Crippen LogP contribution in [0.4, 0.5) is 5.69 Å². The average molecular weight is 379 g/mol. The summed E-state index contributed by atoms with van der Waals surface area (Å²) in [6.45, 7) is 4.70. The van der Waals surface area contributed by atoms with E-state index in [9.17, 15) is 14.4 Å². The molecule has 1 N–H and O–H groups in total. The Morgan fingerprint density at radius 2 is 1.50 bits per heavy atom. The molecule has 0 aliphatic carbocycles. The number of benzene rings is 2. The van der Waals surface area contributed by atoms with E-state index >= 15 is 0 Å². The molecule has 2 amide bonds. The van der Waals surface area contributed by atoms with E-state index in [-0.39, 0.29) is 17.6 Å². The summed E-state index contributed by atoms with van der Waals surface area (Å²) in [7, 11) is 0. The molecule has 1 heterocycles. The first kappa shape index (κ1) is 19.6. The van der Waals surface area contributed by atoms with E-state index in [4.69, 9.17) is 0 Å². The van der Waals surface area contributed by atoms with Gasteiger partial charge in [-0.05, 0) is 43.3 Å². The van der Waals surface area contributed by atoms with Gasteiger partial charge in [0, 0.05) is 56.0 Å². The molecule has 1 fully saturated rings. The molecule has 0 atom stereocenters. The van der Waals surface area contributed by atoms with Gasteiger partial charge in [-0.3, -0.25) is 14.4 Å². The second kappa shape index (κ2) is 9.17. The van der Waals surface area contributed by atoms with Crippen molar-refractivity contribution in [3.63, 3.8) is 0 Å². The number of Topliss-reactive ketones (excluding diaryl/α,β-unsaturated/α-hetero) is 1. The highest BCUT2D eigenvalue weighted by Crippen LogP contribution is 2.18. The molecular formula is C22H25N3O3. The normalized spacial score (nSPS) is 13.9. The quantitative estimate of drug-likeness (QED) is 0.783. The summed E-state index contributed by atoms with van der Waals surface area (Å²) >= 11 is 0. The molecule has 0 saturated carbocycles. The number of rotatable bonds is 6. The van der Waals surface area contributed by atoms with Crippen LogP contribution in [0, 0.1) is 0 Å². The zero-order valence-electron chi connectivity index (χ0n) is 16.1. The van der Waals surface area contributed by atoms with Crippen molar-refractivity contribution >= 4 is 23.3 Å². The van der Waals surface area contributed by atoms with E-state index in [2.05, 4.69) is 10.2 Å². The highest BCUT2D eigenvalue weighted by atomic mass is 16.2. The molecule has 1 aliphatic heterocycles. The predicted octanol–water partition coefficient (Wildman–Crippen LogP) is 2.36. The summed E-state index contributed by atoms with van der Waals surface area (Å²) in [6, 6.07) is 16.6. The van der Waals surface area contributed by atoms with Crippen molar-refractivity contribution in [2.45, 2.75) is 13.3 Å². The number of piperazine rings is 1. The third-order valence-electron chi connectivity index (χ3n) is 4.93. The van der Waals surface area contributed by atoms with Crippen molar-refractivity contribution in [1.82, 2.24) is 10.2 Å². The summed E-state index contributed by atoms with van der Waals surface area (Å²) < 4.78 is 0. The summed E-state index contributed by atoms with van der Waals surface area (Å²) in [5, 5.41) is 2.79. The second-order valence-electron chi connectivity index (χ2n) is 6.84. The fourth-order valence-corrected chi connectivity index (χ4v) is 3.25. The number of nitrogens with zero attached hydrogens (tertiary/aromatic N) is 2. The Morgan fingerprint density at radius 1 is 0.857 bits per heavy atom. The van der Waals surface area contributed by atoms with Gasteiger partial charge >= 0.3 is 0 Å². The van der Waals surface area contributed by atoms with Gasteiger partial charge in [0.15, 0.2) is 5.78 Å². The highest BCUT2D eigenvalue weighted by Gasteiger charge is 2.21. The smallest absolute Gasteiger partial charge is 0.251 e. The minimum absolute atomic E-state index is 0.0555. The number of carbonyl (C=O) groups is 3. The first-order chi connectivity index (χ1) is 13.5. The first-order valence-corrected chi connectivity index (χ1v) is 9.51. The van der Waals surface area contributed by atoms with Crippen molar-refractivity contribution in [1.29, 1.82) is 0 Å². The first-order valence-electron chi connectivity index (χ1n) is 9.51. The monoisotopic (exact) mass is 379 g/mol. The minimum atomic E-state index is -0.160. The Balaban J connectivity index is 1.42. The van der Waals surface area contributed by atoms with Gasteiger partial charge in [0.05, 0.1) is 0 Å². The van der Waals surface area contributed by atoms with Crippen LogP contribution < -0.4 is 10.2 Å². The summed E-state index contributed by atoms with van der Waals surface area (Å²) in [5.41, 5.74) is 2.36. The Kier molecular flexibility index (Phi) is 6.42. The molecule has 2 aromatic rings. The van der Waals surface area contributed by atoms with E-state index in [1.165, 1.54) is 0 Å². The van der Waals surface area contributed by atoms with Crippen molar-refractivity contribution < 1.29 is 14.4 Å². The van der Waals surface area contributed by atoms with Gasteiger partial charge in [-0.25, -0.2) is 0 Å². The van der Waals surface area contributed by atoms with Crippen LogP contribution in [0.1, 0.15) is 34.1 Å². The van der Waals surface area contributed by atoms with Crippen LogP contribution in [0.5, 0.6) is 0 Å². The lowest BCUT2D eigenvalue weighted by Crippen LogP contribution is -2.49. The second-order valence-corrected chi connectivity index (χ2v) is 6.84. The van der Waals surface area contributed by atoms with Crippen molar-refractivity contribution in [3.05, 3.63) is 65.7 Å². The molecular weight excluding hydrogens is 354 g/mol. The summed E-state index contributed by atoms with van der Waals surface area (Å²) in [6.07, 6.45) is 0.298. The molecule has 28 heavy (non-hydrogen) atoms. The average Bonchev–Trinajstić information content (AvgIpc) is 2.74. The molecule has 2 aromatic carbocycles. The van der Waals surface area contributed by atoms with Crippen LogP contribution in [0.2, 0.25) is 0 Å². The van der Waals surface area contributed by atoms with E-state index in [1.807, 2.05) is 47.4 Å². The number of hydrogen-bond acceptors (Lipinski definition) is 4. The molecule has 1 aliphatic rings. The molecule has 6 nitrogen and oxygen atoms in total. The van der Waals surface area contributed by atoms with E-state index in [0.29, 0.717) is 37.2 Å². The summed E-state index contributed by atoms with van der Waals surface area (Å²) in [4.78, 5) is 39.8. The van der Waals surface area contributed by atoms with Gasteiger partial charge in [0.2, 0.25) is 5.91 Å². The number of carbonyl (C=O) groups excluding carboxylic acids is 3. The Morgan fingerprint density at radius 3 is 2.11 bits per heavy atom. The lowest BCUT2D eigenvalue weighted by Gasteiger charge is -2.36. The molecule has 0 spiro atoms. The molecule has 6 heteroatoms. The lowest BCUT2D eigenvalue weighted by molar-refractivity contribution is -0.131. The molecule has 0 bridgehead atoms. The van der Waals surface area contributed by atoms with Crippen LogP contribution in [0.15, 0.2) is 54.6 Å². The van der Waals surface area contributed by atoms with E-state index in [1.54, 1.807) is 19.1 Å². The van der Waals surface area contributed by atoms with Gasteiger partial charge in [-0.1, -0.05) is 18.2 Å². The number of amides is 2. The number of ketones is 1.